The fourth-order valence-electron chi connectivity index (χ4n) is 1.74. The lowest BCUT2D eigenvalue weighted by atomic mass is 10.0. The third-order valence-corrected chi connectivity index (χ3v) is 2.65. The minimum absolute atomic E-state index is 1.10. The predicted molar refractivity (Wildman–Crippen MR) is 71.2 cm³/mol. The van der Waals surface area contributed by atoms with Gasteiger partial charge in [0.25, 0.3) is 0 Å². The van der Waals surface area contributed by atoms with E-state index in [9.17, 15) is 0 Å². The minimum Gasteiger partial charge on any atom is -0.0984 e. The summed E-state index contributed by atoms with van der Waals surface area (Å²) in [7, 11) is 0. The van der Waals surface area contributed by atoms with Crippen LogP contribution in [0, 0.1) is 0 Å². The highest BCUT2D eigenvalue weighted by Crippen LogP contribution is 2.13. The summed E-state index contributed by atoms with van der Waals surface area (Å²) in [6, 6.07) is 8.31. The second-order valence-electron chi connectivity index (χ2n) is 3.61. The van der Waals surface area contributed by atoms with Gasteiger partial charge < -0.3 is 0 Å². The third kappa shape index (κ3) is 1.96. The van der Waals surface area contributed by atoms with Gasteiger partial charge in [0, 0.05) is 0 Å². The van der Waals surface area contributed by atoms with Crippen molar-refractivity contribution in [2.45, 2.75) is 0 Å². The molecule has 0 nitrogen and oxygen atoms in total. The Labute approximate surface area is 95.9 Å². The van der Waals surface area contributed by atoms with Gasteiger partial charge in [0.1, 0.15) is 0 Å². The molecule has 0 aliphatic heterocycles. The van der Waals surface area contributed by atoms with Gasteiger partial charge in [-0.2, -0.15) is 0 Å². The summed E-state index contributed by atoms with van der Waals surface area (Å²) in [4.78, 5) is 0. The molecule has 0 N–H and O–H groups in total. The van der Waals surface area contributed by atoms with Crippen molar-refractivity contribution < 1.29 is 0 Å². The van der Waals surface area contributed by atoms with Crippen LogP contribution in [0.25, 0.3) is 12.2 Å². The third-order valence-electron chi connectivity index (χ3n) is 2.65. The number of hydrogen-bond donors (Lipinski definition) is 0. The summed E-state index contributed by atoms with van der Waals surface area (Å²) in [6.45, 7) is 7.64. The molecule has 0 bridgehead atoms. The topological polar surface area (TPSA) is 0 Å². The Hall–Kier alpha value is -2.08. The van der Waals surface area contributed by atoms with Crippen molar-refractivity contribution in [1.82, 2.24) is 0 Å². The van der Waals surface area contributed by atoms with Crippen LogP contribution in [-0.2, 0) is 0 Å². The quantitative estimate of drug-likeness (QED) is 0.697. The van der Waals surface area contributed by atoms with Crippen molar-refractivity contribution in [3.05, 3.63) is 83.3 Å². The van der Waals surface area contributed by atoms with Crippen molar-refractivity contribution in [1.29, 1.82) is 0 Å². The first-order chi connectivity index (χ1) is 7.85. The predicted octanol–water partition coefficient (Wildman–Crippen LogP) is 2.49. The zero-order valence-corrected chi connectivity index (χ0v) is 9.19. The number of benzene rings is 1. The molecule has 0 radical (unpaired) electrons. The minimum atomic E-state index is 1.10. The van der Waals surface area contributed by atoms with E-state index in [1.54, 1.807) is 0 Å². The molecule has 1 aliphatic rings. The maximum absolute atomic E-state index is 3.82. The molecule has 2 rings (SSSR count). The molecule has 0 amide bonds. The van der Waals surface area contributed by atoms with Gasteiger partial charge in [-0.1, -0.05) is 73.9 Å². The van der Waals surface area contributed by atoms with Gasteiger partial charge in [-0.25, -0.2) is 0 Å². The van der Waals surface area contributed by atoms with Crippen molar-refractivity contribution in [2.24, 2.45) is 0 Å². The van der Waals surface area contributed by atoms with Crippen LogP contribution >= 0.6 is 0 Å². The van der Waals surface area contributed by atoms with Crippen LogP contribution in [-0.4, -0.2) is 0 Å². The van der Waals surface area contributed by atoms with Crippen molar-refractivity contribution >= 4 is 12.2 Å². The molecule has 0 spiro atoms. The molecule has 0 fully saturated rings. The molecule has 1 aromatic rings. The summed E-state index contributed by atoms with van der Waals surface area (Å²) in [5.41, 5.74) is 2.20. The Bertz CT molecular complexity index is 540. The van der Waals surface area contributed by atoms with Gasteiger partial charge in [-0.05, 0) is 21.6 Å². The first kappa shape index (κ1) is 10.4. The van der Waals surface area contributed by atoms with E-state index in [0.717, 1.165) is 11.1 Å². The second-order valence-corrected chi connectivity index (χ2v) is 3.61. The van der Waals surface area contributed by atoms with Crippen molar-refractivity contribution in [3.63, 3.8) is 0 Å². The van der Waals surface area contributed by atoms with E-state index < -0.39 is 0 Å². The van der Waals surface area contributed by atoms with Crippen LogP contribution in [0.2, 0.25) is 0 Å². The lowest BCUT2D eigenvalue weighted by Crippen LogP contribution is -2.23. The van der Waals surface area contributed by atoms with Gasteiger partial charge in [-0.15, -0.1) is 0 Å². The van der Waals surface area contributed by atoms with Gasteiger partial charge in [0.05, 0.1) is 0 Å². The number of fused-ring (bicyclic) bond motifs is 1. The van der Waals surface area contributed by atoms with E-state index >= 15 is 0 Å². The second kappa shape index (κ2) is 4.63. The Balaban J connectivity index is 2.74. The average Bonchev–Trinajstić information content (AvgIpc) is 2.31. The van der Waals surface area contributed by atoms with Crippen molar-refractivity contribution in [3.8, 4) is 0 Å². The Kier molecular flexibility index (Phi) is 3.02. The molecule has 0 saturated carbocycles. The standard InChI is InChI=1S/C16H14/c1-3-13-9-11-15-7-5-6-8-16(15)12-10-14(13)4-2/h3-12H,1-2H2/b11-9?,12-10?,13-9-,14-10-,14-13?,15-11-,16-12-. The first-order valence-electron chi connectivity index (χ1n) is 5.29. The Morgan fingerprint density at radius 1 is 0.688 bits per heavy atom. The maximum atomic E-state index is 3.82. The molecule has 16 heavy (non-hydrogen) atoms. The smallest absolute Gasteiger partial charge is 0.0184 e. The van der Waals surface area contributed by atoms with Gasteiger partial charge >= 0.3 is 0 Å². The summed E-state index contributed by atoms with van der Waals surface area (Å²) in [5.74, 6) is 0. The fourth-order valence-corrected chi connectivity index (χ4v) is 1.74. The lowest BCUT2D eigenvalue weighted by molar-refractivity contribution is 1.49. The normalized spacial score (nSPS) is 24.8. The summed E-state index contributed by atoms with van der Waals surface area (Å²) in [5, 5.41) is 2.45. The maximum Gasteiger partial charge on any atom is -0.0184 e. The van der Waals surface area contributed by atoms with Gasteiger partial charge in [-0.3, -0.25) is 0 Å². The van der Waals surface area contributed by atoms with E-state index in [4.69, 9.17) is 0 Å². The SMILES string of the molecule is C=CC1=C/C=c2/cccc/c2=C/C=C\1C=C. The molecule has 1 aliphatic carbocycles. The van der Waals surface area contributed by atoms with Crippen LogP contribution in [0.3, 0.4) is 0 Å². The fraction of sp³-hybridized carbons (Fsp3) is 0. The van der Waals surface area contributed by atoms with Crippen LogP contribution < -0.4 is 10.4 Å². The summed E-state index contributed by atoms with van der Waals surface area (Å²) in [6.07, 6.45) is 12.1. The average molecular weight is 206 g/mol. The van der Waals surface area contributed by atoms with Crippen molar-refractivity contribution in [2.75, 3.05) is 0 Å². The monoisotopic (exact) mass is 206 g/mol. The summed E-state index contributed by atoms with van der Waals surface area (Å²) >= 11 is 0. The number of hydrogen-bond acceptors (Lipinski definition) is 0. The van der Waals surface area contributed by atoms with E-state index in [1.807, 2.05) is 24.3 Å². The molecular weight excluding hydrogens is 192 g/mol. The van der Waals surface area contributed by atoms with Gasteiger partial charge in [0.2, 0.25) is 0 Å². The van der Waals surface area contributed by atoms with Crippen LogP contribution in [0.1, 0.15) is 0 Å². The molecule has 0 heteroatoms. The number of allylic oxidation sites excluding steroid dienone is 6. The largest absolute Gasteiger partial charge is 0.0984 e. The van der Waals surface area contributed by atoms with E-state index in [0.29, 0.717) is 0 Å². The highest BCUT2D eigenvalue weighted by atomic mass is 14.0. The number of rotatable bonds is 2. The van der Waals surface area contributed by atoms with Crippen LogP contribution in [0.5, 0.6) is 0 Å². The molecule has 0 heterocycles. The van der Waals surface area contributed by atoms with E-state index in [2.05, 4.69) is 49.6 Å². The van der Waals surface area contributed by atoms with Crippen LogP contribution in [0.15, 0.2) is 72.9 Å². The zero-order chi connectivity index (χ0) is 11.4. The highest BCUT2D eigenvalue weighted by Gasteiger charge is 1.96. The molecule has 0 unspecified atom stereocenters. The Morgan fingerprint density at radius 3 is 1.50 bits per heavy atom. The zero-order valence-electron chi connectivity index (χ0n) is 9.19. The molecule has 1 aromatic carbocycles. The highest BCUT2D eigenvalue weighted by molar-refractivity contribution is 5.60. The van der Waals surface area contributed by atoms with Gasteiger partial charge in [0.15, 0.2) is 0 Å². The summed E-state index contributed by atoms with van der Waals surface area (Å²) < 4.78 is 0. The van der Waals surface area contributed by atoms with Crippen LogP contribution in [0.4, 0.5) is 0 Å². The molecule has 0 saturated heterocycles. The lowest BCUT2D eigenvalue weighted by Gasteiger charge is -2.03. The first-order valence-corrected chi connectivity index (χ1v) is 5.29. The molecule has 0 atom stereocenters. The van der Waals surface area contributed by atoms with E-state index in [-0.39, 0.29) is 0 Å². The molecule has 78 valence electrons. The van der Waals surface area contributed by atoms with E-state index in [1.165, 1.54) is 10.4 Å². The molecular formula is C16H14. The Morgan fingerprint density at radius 2 is 1.12 bits per heavy atom. The molecule has 0 aromatic heterocycles.